The third-order valence-electron chi connectivity index (χ3n) is 4.41. The highest BCUT2D eigenvalue weighted by molar-refractivity contribution is 6.29. The summed E-state index contributed by atoms with van der Waals surface area (Å²) >= 11 is 6.21. The summed E-state index contributed by atoms with van der Waals surface area (Å²) in [6.07, 6.45) is 4.81. The van der Waals surface area contributed by atoms with Crippen molar-refractivity contribution < 1.29 is 0 Å². The standard InChI is InChI=1S/C17H18ClN5/c18-15-10-14(19-11-12-6-2-1-3-7-12)17-21-20-16(23(17)22-15)13-8-4-5-9-13/h1-3,6-7,10,13,19H,4-5,8-9,11H2. The quantitative estimate of drug-likeness (QED) is 0.785. The van der Waals surface area contributed by atoms with Gasteiger partial charge in [-0.05, 0) is 18.4 Å². The Balaban J connectivity index is 1.66. The molecule has 0 atom stereocenters. The van der Waals surface area contributed by atoms with E-state index in [1.165, 1.54) is 18.4 Å². The fourth-order valence-corrected chi connectivity index (χ4v) is 3.41. The highest BCUT2D eigenvalue weighted by Gasteiger charge is 2.24. The molecule has 1 N–H and O–H groups in total. The van der Waals surface area contributed by atoms with E-state index in [1.807, 2.05) is 28.8 Å². The summed E-state index contributed by atoms with van der Waals surface area (Å²) in [5.74, 6) is 1.38. The van der Waals surface area contributed by atoms with Gasteiger partial charge in [-0.2, -0.15) is 9.61 Å². The molecule has 0 unspecified atom stereocenters. The van der Waals surface area contributed by atoms with E-state index in [-0.39, 0.29) is 0 Å². The minimum absolute atomic E-state index is 0.443. The molecule has 0 amide bonds. The summed E-state index contributed by atoms with van der Waals surface area (Å²) in [6.45, 7) is 0.711. The van der Waals surface area contributed by atoms with Crippen molar-refractivity contribution in [2.45, 2.75) is 38.1 Å². The second-order valence-corrected chi connectivity index (χ2v) is 6.38. The topological polar surface area (TPSA) is 55.1 Å². The molecule has 1 fully saturated rings. The molecule has 0 aliphatic heterocycles. The Hall–Kier alpha value is -2.14. The first-order chi connectivity index (χ1) is 11.3. The van der Waals surface area contributed by atoms with Crippen LogP contribution in [0.15, 0.2) is 36.4 Å². The predicted molar refractivity (Wildman–Crippen MR) is 90.8 cm³/mol. The Morgan fingerprint density at radius 1 is 1.13 bits per heavy atom. The number of benzene rings is 1. The maximum atomic E-state index is 6.21. The smallest absolute Gasteiger partial charge is 0.201 e. The lowest BCUT2D eigenvalue weighted by Crippen LogP contribution is -2.06. The van der Waals surface area contributed by atoms with Crippen LogP contribution in [0.4, 0.5) is 5.69 Å². The van der Waals surface area contributed by atoms with Crippen LogP contribution in [0, 0.1) is 0 Å². The molecule has 2 aromatic heterocycles. The molecule has 1 aliphatic rings. The van der Waals surface area contributed by atoms with Gasteiger partial charge < -0.3 is 5.32 Å². The Morgan fingerprint density at radius 3 is 2.70 bits per heavy atom. The Labute approximate surface area is 139 Å². The number of nitrogens with one attached hydrogen (secondary N) is 1. The second-order valence-electron chi connectivity index (χ2n) is 5.99. The van der Waals surface area contributed by atoms with Crippen LogP contribution >= 0.6 is 11.6 Å². The molecule has 1 aromatic carbocycles. The van der Waals surface area contributed by atoms with Gasteiger partial charge in [0.05, 0.1) is 5.69 Å². The van der Waals surface area contributed by atoms with Crippen molar-refractivity contribution in [1.82, 2.24) is 19.8 Å². The number of aromatic nitrogens is 4. The van der Waals surface area contributed by atoms with Crippen LogP contribution < -0.4 is 5.32 Å². The van der Waals surface area contributed by atoms with E-state index >= 15 is 0 Å². The van der Waals surface area contributed by atoms with Gasteiger partial charge in [-0.25, -0.2) is 0 Å². The van der Waals surface area contributed by atoms with Crippen molar-refractivity contribution in [3.05, 3.63) is 52.9 Å². The molecule has 3 aromatic rings. The number of anilines is 1. The number of rotatable bonds is 4. The van der Waals surface area contributed by atoms with Gasteiger partial charge in [0, 0.05) is 18.5 Å². The SMILES string of the molecule is Clc1cc(NCc2ccccc2)c2nnc(C3CCCC3)n2n1. The zero-order valence-electron chi connectivity index (χ0n) is 12.7. The van der Waals surface area contributed by atoms with Gasteiger partial charge in [0.2, 0.25) is 5.65 Å². The minimum Gasteiger partial charge on any atom is -0.378 e. The number of hydrogen-bond acceptors (Lipinski definition) is 4. The lowest BCUT2D eigenvalue weighted by Gasteiger charge is -2.10. The summed E-state index contributed by atoms with van der Waals surface area (Å²) in [4.78, 5) is 0. The van der Waals surface area contributed by atoms with E-state index in [2.05, 4.69) is 32.7 Å². The molecule has 4 rings (SSSR count). The number of fused-ring (bicyclic) bond motifs is 1. The van der Waals surface area contributed by atoms with E-state index in [0.29, 0.717) is 17.6 Å². The van der Waals surface area contributed by atoms with E-state index in [4.69, 9.17) is 11.6 Å². The lowest BCUT2D eigenvalue weighted by atomic mass is 10.1. The van der Waals surface area contributed by atoms with Crippen LogP contribution in [0.2, 0.25) is 5.15 Å². The molecule has 6 heteroatoms. The predicted octanol–water partition coefficient (Wildman–Crippen LogP) is 4.05. The Kier molecular flexibility index (Phi) is 3.87. The van der Waals surface area contributed by atoms with Crippen LogP contribution in [0.25, 0.3) is 5.65 Å². The van der Waals surface area contributed by atoms with Crippen molar-refractivity contribution in [3.63, 3.8) is 0 Å². The van der Waals surface area contributed by atoms with Gasteiger partial charge in [-0.15, -0.1) is 10.2 Å². The zero-order chi connectivity index (χ0) is 15.6. The third kappa shape index (κ3) is 2.88. The largest absolute Gasteiger partial charge is 0.378 e. The number of hydrogen-bond donors (Lipinski definition) is 1. The van der Waals surface area contributed by atoms with Crippen molar-refractivity contribution in [2.24, 2.45) is 0 Å². The lowest BCUT2D eigenvalue weighted by molar-refractivity contribution is 0.638. The molecule has 2 heterocycles. The van der Waals surface area contributed by atoms with Gasteiger partial charge in [0.25, 0.3) is 0 Å². The molecule has 1 aliphatic carbocycles. The van der Waals surface area contributed by atoms with Crippen molar-refractivity contribution in [2.75, 3.05) is 5.32 Å². The van der Waals surface area contributed by atoms with Crippen LogP contribution in [0.1, 0.15) is 43.0 Å². The maximum absolute atomic E-state index is 6.21. The van der Waals surface area contributed by atoms with E-state index in [1.54, 1.807) is 0 Å². The van der Waals surface area contributed by atoms with Gasteiger partial charge in [0.15, 0.2) is 11.0 Å². The number of halogens is 1. The zero-order valence-corrected chi connectivity index (χ0v) is 13.5. The Bertz CT molecular complexity index is 808. The van der Waals surface area contributed by atoms with E-state index in [0.717, 1.165) is 30.0 Å². The van der Waals surface area contributed by atoms with Crippen LogP contribution in [-0.4, -0.2) is 19.8 Å². The molecular formula is C17H18ClN5. The van der Waals surface area contributed by atoms with Gasteiger partial charge >= 0.3 is 0 Å². The van der Waals surface area contributed by atoms with E-state index in [9.17, 15) is 0 Å². The normalized spacial score (nSPS) is 15.3. The second kappa shape index (κ2) is 6.16. The summed E-state index contributed by atoms with van der Waals surface area (Å²) in [5, 5.41) is 17.0. The van der Waals surface area contributed by atoms with E-state index < -0.39 is 0 Å². The highest BCUT2D eigenvalue weighted by atomic mass is 35.5. The molecule has 1 saturated carbocycles. The average Bonchev–Trinajstić information content (AvgIpc) is 3.22. The first-order valence-electron chi connectivity index (χ1n) is 8.01. The molecule has 5 nitrogen and oxygen atoms in total. The highest BCUT2D eigenvalue weighted by Crippen LogP contribution is 2.34. The molecule has 0 saturated heterocycles. The molecule has 118 valence electrons. The van der Waals surface area contributed by atoms with Gasteiger partial charge in [-0.1, -0.05) is 54.8 Å². The monoisotopic (exact) mass is 327 g/mol. The van der Waals surface area contributed by atoms with Gasteiger partial charge in [0.1, 0.15) is 0 Å². The van der Waals surface area contributed by atoms with Crippen LogP contribution in [0.3, 0.4) is 0 Å². The summed E-state index contributed by atoms with van der Waals surface area (Å²) in [5.41, 5.74) is 2.81. The first-order valence-corrected chi connectivity index (χ1v) is 8.39. The van der Waals surface area contributed by atoms with Crippen molar-refractivity contribution in [3.8, 4) is 0 Å². The fraction of sp³-hybridized carbons (Fsp3) is 0.353. The first kappa shape index (κ1) is 14.5. The van der Waals surface area contributed by atoms with Gasteiger partial charge in [-0.3, -0.25) is 0 Å². The van der Waals surface area contributed by atoms with Crippen LogP contribution in [-0.2, 0) is 6.54 Å². The van der Waals surface area contributed by atoms with Crippen LogP contribution in [0.5, 0.6) is 0 Å². The summed E-state index contributed by atoms with van der Waals surface area (Å²) < 4.78 is 1.81. The maximum Gasteiger partial charge on any atom is 0.201 e. The minimum atomic E-state index is 0.443. The third-order valence-corrected chi connectivity index (χ3v) is 4.60. The number of nitrogens with zero attached hydrogens (tertiary/aromatic N) is 4. The molecule has 23 heavy (non-hydrogen) atoms. The molecule has 0 spiro atoms. The molecule has 0 bridgehead atoms. The average molecular weight is 328 g/mol. The summed E-state index contributed by atoms with van der Waals surface area (Å²) in [7, 11) is 0. The van der Waals surface area contributed by atoms with Crippen molar-refractivity contribution in [1.29, 1.82) is 0 Å². The summed E-state index contributed by atoms with van der Waals surface area (Å²) in [6, 6.07) is 12.1. The van der Waals surface area contributed by atoms with Crippen molar-refractivity contribution >= 4 is 22.9 Å². The Morgan fingerprint density at radius 2 is 1.91 bits per heavy atom. The molecular weight excluding hydrogens is 310 g/mol. The fourth-order valence-electron chi connectivity index (χ4n) is 3.23. The molecule has 0 radical (unpaired) electrons.